The van der Waals surface area contributed by atoms with Crippen LogP contribution in [0.5, 0.6) is 17.2 Å². The summed E-state index contributed by atoms with van der Waals surface area (Å²) in [5.74, 6) is 1.56. The molecule has 1 aliphatic heterocycles. The zero-order valence-electron chi connectivity index (χ0n) is 8.19. The summed E-state index contributed by atoms with van der Waals surface area (Å²) in [6.45, 7) is 0.252. The molecule has 0 unspecified atom stereocenters. The Labute approximate surface area is 86.5 Å². The molecular formula is C10H10O5. The van der Waals surface area contributed by atoms with Gasteiger partial charge in [0.1, 0.15) is 5.75 Å². The molecular weight excluding hydrogens is 200 g/mol. The minimum absolute atomic E-state index is 0.0838. The number of fused-ring (bicyclic) bond motifs is 1. The lowest BCUT2D eigenvalue weighted by Crippen LogP contribution is -2.01. The summed E-state index contributed by atoms with van der Waals surface area (Å²) in [7, 11) is 1.51. The van der Waals surface area contributed by atoms with Crippen molar-refractivity contribution in [3.8, 4) is 17.2 Å². The molecule has 15 heavy (non-hydrogen) atoms. The monoisotopic (exact) mass is 210 g/mol. The predicted molar refractivity (Wildman–Crippen MR) is 50.5 cm³/mol. The van der Waals surface area contributed by atoms with E-state index >= 15 is 0 Å². The van der Waals surface area contributed by atoms with Crippen LogP contribution >= 0.6 is 0 Å². The zero-order valence-corrected chi connectivity index (χ0v) is 8.19. The molecule has 1 aliphatic rings. The van der Waals surface area contributed by atoms with Gasteiger partial charge in [0, 0.05) is 13.2 Å². The van der Waals surface area contributed by atoms with Crippen LogP contribution < -0.4 is 14.2 Å². The molecule has 0 atom stereocenters. The Kier molecular flexibility index (Phi) is 2.73. The largest absolute Gasteiger partial charge is 0.467 e. The van der Waals surface area contributed by atoms with Gasteiger partial charge in [-0.05, 0) is 6.07 Å². The first-order valence-electron chi connectivity index (χ1n) is 4.35. The van der Waals surface area contributed by atoms with E-state index in [1.54, 1.807) is 12.1 Å². The number of rotatable bonds is 4. The minimum atomic E-state index is 0.0838. The van der Waals surface area contributed by atoms with Crippen LogP contribution in [0.3, 0.4) is 0 Å². The summed E-state index contributed by atoms with van der Waals surface area (Å²) >= 11 is 0. The van der Waals surface area contributed by atoms with Crippen LogP contribution in [-0.4, -0.2) is 27.0 Å². The van der Waals surface area contributed by atoms with E-state index < -0.39 is 0 Å². The van der Waals surface area contributed by atoms with Crippen LogP contribution in [0.4, 0.5) is 0 Å². The zero-order chi connectivity index (χ0) is 10.7. The van der Waals surface area contributed by atoms with Crippen molar-refractivity contribution >= 4 is 6.29 Å². The topological polar surface area (TPSA) is 54.0 Å². The number of hydrogen-bond acceptors (Lipinski definition) is 5. The fourth-order valence-electron chi connectivity index (χ4n) is 1.28. The number of carbonyl (C=O) groups is 1. The maximum Gasteiger partial charge on any atom is 0.231 e. The minimum Gasteiger partial charge on any atom is -0.467 e. The van der Waals surface area contributed by atoms with E-state index in [4.69, 9.17) is 18.9 Å². The number of aldehydes is 1. The Morgan fingerprint density at radius 2 is 2.13 bits per heavy atom. The second kappa shape index (κ2) is 4.18. The smallest absolute Gasteiger partial charge is 0.231 e. The van der Waals surface area contributed by atoms with E-state index in [2.05, 4.69) is 0 Å². The molecule has 2 rings (SSSR count). The van der Waals surface area contributed by atoms with Crippen molar-refractivity contribution in [1.29, 1.82) is 0 Å². The lowest BCUT2D eigenvalue weighted by molar-refractivity contribution is 0.0504. The van der Waals surface area contributed by atoms with E-state index in [1.807, 2.05) is 0 Å². The van der Waals surface area contributed by atoms with Gasteiger partial charge in [0.25, 0.3) is 0 Å². The van der Waals surface area contributed by atoms with E-state index in [0.29, 0.717) is 29.1 Å². The third kappa shape index (κ3) is 1.87. The molecule has 1 aromatic rings. The highest BCUT2D eigenvalue weighted by molar-refractivity contribution is 5.81. The molecule has 0 amide bonds. The Balaban J connectivity index is 2.31. The van der Waals surface area contributed by atoms with Crippen LogP contribution in [0.2, 0.25) is 0 Å². The second-order valence-corrected chi connectivity index (χ2v) is 2.91. The SMILES string of the molecule is COCOc1cc2c(cc1C=O)OCO2. The molecule has 0 aromatic heterocycles. The van der Waals surface area contributed by atoms with Gasteiger partial charge >= 0.3 is 0 Å². The van der Waals surface area contributed by atoms with Gasteiger partial charge in [-0.1, -0.05) is 0 Å². The van der Waals surface area contributed by atoms with Gasteiger partial charge in [-0.25, -0.2) is 0 Å². The molecule has 0 radical (unpaired) electrons. The maximum absolute atomic E-state index is 10.8. The van der Waals surface area contributed by atoms with E-state index in [-0.39, 0.29) is 13.6 Å². The molecule has 5 nitrogen and oxygen atoms in total. The fourth-order valence-corrected chi connectivity index (χ4v) is 1.28. The highest BCUT2D eigenvalue weighted by Gasteiger charge is 2.17. The average molecular weight is 210 g/mol. The number of hydrogen-bond donors (Lipinski definition) is 0. The number of ether oxygens (including phenoxy) is 4. The van der Waals surface area contributed by atoms with Crippen LogP contribution in [0.15, 0.2) is 12.1 Å². The van der Waals surface area contributed by atoms with Gasteiger partial charge in [0.15, 0.2) is 24.6 Å². The first kappa shape index (κ1) is 9.79. The Hall–Kier alpha value is -1.75. The summed E-state index contributed by atoms with van der Waals surface area (Å²) in [5, 5.41) is 0. The van der Waals surface area contributed by atoms with Gasteiger partial charge in [-0.15, -0.1) is 0 Å². The molecule has 1 aromatic carbocycles. The van der Waals surface area contributed by atoms with Crippen molar-refractivity contribution in [3.63, 3.8) is 0 Å². The van der Waals surface area contributed by atoms with E-state index in [9.17, 15) is 4.79 Å². The van der Waals surface area contributed by atoms with Gasteiger partial charge in [-0.3, -0.25) is 4.79 Å². The molecule has 0 aliphatic carbocycles. The van der Waals surface area contributed by atoms with Crippen molar-refractivity contribution in [2.75, 3.05) is 20.7 Å². The second-order valence-electron chi connectivity index (χ2n) is 2.91. The van der Waals surface area contributed by atoms with E-state index in [1.165, 1.54) is 7.11 Å². The lowest BCUT2D eigenvalue weighted by atomic mass is 10.2. The molecule has 0 fully saturated rings. The van der Waals surface area contributed by atoms with Gasteiger partial charge in [0.2, 0.25) is 6.79 Å². The molecule has 0 saturated carbocycles. The number of benzene rings is 1. The highest BCUT2D eigenvalue weighted by Crippen LogP contribution is 2.37. The third-order valence-corrected chi connectivity index (χ3v) is 1.96. The molecule has 80 valence electrons. The van der Waals surface area contributed by atoms with Crippen LogP contribution in [0, 0.1) is 0 Å². The summed E-state index contributed by atoms with van der Waals surface area (Å²) in [5.41, 5.74) is 0.413. The number of carbonyl (C=O) groups excluding carboxylic acids is 1. The normalized spacial score (nSPS) is 12.6. The average Bonchev–Trinajstić information content (AvgIpc) is 2.71. The standard InChI is InChI=1S/C10H10O5/c1-12-5-13-8-3-10-9(14-6-15-10)2-7(8)4-11/h2-4H,5-6H2,1H3. The molecule has 5 heteroatoms. The van der Waals surface area contributed by atoms with Gasteiger partial charge < -0.3 is 18.9 Å². The number of methoxy groups -OCH3 is 1. The van der Waals surface area contributed by atoms with Crippen molar-refractivity contribution < 1.29 is 23.7 Å². The molecule has 1 heterocycles. The lowest BCUT2D eigenvalue weighted by Gasteiger charge is -2.07. The summed E-state index contributed by atoms with van der Waals surface area (Å²) in [6, 6.07) is 3.20. The van der Waals surface area contributed by atoms with Crippen molar-refractivity contribution in [2.45, 2.75) is 0 Å². The summed E-state index contributed by atoms with van der Waals surface area (Å²) < 4.78 is 20.3. The van der Waals surface area contributed by atoms with Crippen LogP contribution in [-0.2, 0) is 4.74 Å². The van der Waals surface area contributed by atoms with Crippen molar-refractivity contribution in [3.05, 3.63) is 17.7 Å². The predicted octanol–water partition coefficient (Wildman–Crippen LogP) is 1.21. The third-order valence-electron chi connectivity index (χ3n) is 1.96. The maximum atomic E-state index is 10.8. The summed E-state index contributed by atoms with van der Waals surface area (Å²) in [4.78, 5) is 10.8. The van der Waals surface area contributed by atoms with Crippen molar-refractivity contribution in [1.82, 2.24) is 0 Å². The van der Waals surface area contributed by atoms with Crippen LogP contribution in [0.25, 0.3) is 0 Å². The highest BCUT2D eigenvalue weighted by atomic mass is 16.7. The first-order valence-corrected chi connectivity index (χ1v) is 4.35. The Morgan fingerprint density at radius 1 is 1.40 bits per heavy atom. The molecule has 0 spiro atoms. The van der Waals surface area contributed by atoms with Gasteiger partial charge in [0.05, 0.1) is 5.56 Å². The van der Waals surface area contributed by atoms with Crippen molar-refractivity contribution in [2.24, 2.45) is 0 Å². The first-order chi connectivity index (χ1) is 7.35. The Morgan fingerprint density at radius 3 is 2.80 bits per heavy atom. The Bertz CT molecular complexity index is 374. The molecule has 0 bridgehead atoms. The van der Waals surface area contributed by atoms with Gasteiger partial charge in [-0.2, -0.15) is 0 Å². The van der Waals surface area contributed by atoms with E-state index in [0.717, 1.165) is 0 Å². The van der Waals surface area contributed by atoms with Crippen LogP contribution in [0.1, 0.15) is 10.4 Å². The molecule has 0 N–H and O–H groups in total. The fraction of sp³-hybridized carbons (Fsp3) is 0.300. The summed E-state index contributed by atoms with van der Waals surface area (Å²) in [6.07, 6.45) is 0.701. The quantitative estimate of drug-likeness (QED) is 0.552. The molecule has 0 saturated heterocycles.